The molecule has 0 aliphatic heterocycles. The van der Waals surface area contributed by atoms with Crippen molar-refractivity contribution in [2.45, 2.75) is 0 Å². The normalized spacial score (nSPS) is 10.7. The number of hydrogen-bond donors (Lipinski definition) is 1. The molecule has 0 bridgehead atoms. The highest BCUT2D eigenvalue weighted by atomic mass is 79.9. The van der Waals surface area contributed by atoms with Gasteiger partial charge in [0.05, 0.1) is 25.8 Å². The molecule has 134 valence electrons. The molecule has 0 aromatic heterocycles. The van der Waals surface area contributed by atoms with Gasteiger partial charge in [-0.05, 0) is 52.3 Å². The molecule has 6 nitrogen and oxygen atoms in total. The molecule has 2 rings (SSSR count). The number of methoxy groups -OCH3 is 3. The molecule has 1 amide bonds. The van der Waals surface area contributed by atoms with E-state index in [1.54, 1.807) is 43.5 Å². The lowest BCUT2D eigenvalue weighted by Crippen LogP contribution is -2.13. The molecule has 1 N–H and O–H groups in total. The molecule has 0 unspecified atom stereocenters. The zero-order chi connectivity index (χ0) is 19.1. The van der Waals surface area contributed by atoms with Gasteiger partial charge in [0.15, 0.2) is 0 Å². The van der Waals surface area contributed by atoms with Crippen molar-refractivity contribution in [2.24, 2.45) is 0 Å². The lowest BCUT2D eigenvalue weighted by Gasteiger charge is -2.10. The van der Waals surface area contributed by atoms with E-state index in [9.17, 15) is 10.1 Å². The largest absolute Gasteiger partial charge is 0.497 e. The average Bonchev–Trinajstić information content (AvgIpc) is 2.66. The third-order valence-corrected chi connectivity index (χ3v) is 4.14. The Morgan fingerprint density at radius 1 is 1.08 bits per heavy atom. The van der Waals surface area contributed by atoms with Gasteiger partial charge in [-0.2, -0.15) is 5.26 Å². The van der Waals surface area contributed by atoms with Crippen molar-refractivity contribution in [3.8, 4) is 23.3 Å². The predicted molar refractivity (Wildman–Crippen MR) is 102 cm³/mol. The molecule has 0 aliphatic rings. The zero-order valence-electron chi connectivity index (χ0n) is 14.5. The number of amides is 1. The number of anilines is 1. The average molecular weight is 417 g/mol. The third kappa shape index (κ3) is 4.55. The van der Waals surface area contributed by atoms with Gasteiger partial charge in [0.1, 0.15) is 28.9 Å². The number of hydrogen-bond acceptors (Lipinski definition) is 5. The number of ether oxygens (including phenoxy) is 3. The van der Waals surface area contributed by atoms with Gasteiger partial charge in [-0.3, -0.25) is 4.79 Å². The molecule has 26 heavy (non-hydrogen) atoms. The van der Waals surface area contributed by atoms with Crippen LogP contribution in [-0.2, 0) is 4.79 Å². The summed E-state index contributed by atoms with van der Waals surface area (Å²) in [5, 5.41) is 12.1. The monoisotopic (exact) mass is 416 g/mol. The van der Waals surface area contributed by atoms with E-state index in [-0.39, 0.29) is 5.57 Å². The Balaban J connectivity index is 2.30. The van der Waals surface area contributed by atoms with Crippen LogP contribution in [0.3, 0.4) is 0 Å². The topological polar surface area (TPSA) is 80.6 Å². The Bertz CT molecular complexity index is 870. The van der Waals surface area contributed by atoms with Crippen LogP contribution < -0.4 is 19.5 Å². The van der Waals surface area contributed by atoms with Crippen LogP contribution in [0.25, 0.3) is 6.08 Å². The second-order valence-electron chi connectivity index (χ2n) is 5.08. The SMILES string of the molecule is COc1ccc(NC(=O)/C(C#N)=C\c2cc(Br)c(OC)cc2OC)cc1. The number of benzene rings is 2. The minimum atomic E-state index is -0.522. The standard InChI is InChI=1S/C19H17BrN2O4/c1-24-15-6-4-14(5-7-15)22-19(23)13(11-21)8-12-9-16(20)18(26-3)10-17(12)25-2/h4-10H,1-3H3,(H,22,23)/b13-8-. The Morgan fingerprint density at radius 3 is 2.27 bits per heavy atom. The van der Waals surface area contributed by atoms with Gasteiger partial charge < -0.3 is 19.5 Å². The Kier molecular flexibility index (Phi) is 6.64. The number of nitrogens with one attached hydrogen (secondary N) is 1. The van der Waals surface area contributed by atoms with Crippen LogP contribution in [0.1, 0.15) is 5.56 Å². The van der Waals surface area contributed by atoms with Crippen molar-refractivity contribution in [2.75, 3.05) is 26.6 Å². The Hall–Kier alpha value is -2.98. The second-order valence-corrected chi connectivity index (χ2v) is 5.94. The molecule has 0 aliphatic carbocycles. The van der Waals surface area contributed by atoms with E-state index in [4.69, 9.17) is 14.2 Å². The van der Waals surface area contributed by atoms with Gasteiger partial charge in [-0.25, -0.2) is 0 Å². The highest BCUT2D eigenvalue weighted by Gasteiger charge is 2.13. The van der Waals surface area contributed by atoms with Crippen molar-refractivity contribution < 1.29 is 19.0 Å². The number of halogens is 1. The van der Waals surface area contributed by atoms with Crippen LogP contribution in [0, 0.1) is 11.3 Å². The smallest absolute Gasteiger partial charge is 0.266 e. The highest BCUT2D eigenvalue weighted by molar-refractivity contribution is 9.10. The fourth-order valence-electron chi connectivity index (χ4n) is 2.17. The molecule has 0 atom stereocenters. The van der Waals surface area contributed by atoms with Crippen LogP contribution in [0.2, 0.25) is 0 Å². The molecular weight excluding hydrogens is 400 g/mol. The van der Waals surface area contributed by atoms with Gasteiger partial charge >= 0.3 is 0 Å². The van der Waals surface area contributed by atoms with Crippen molar-refractivity contribution in [1.82, 2.24) is 0 Å². The van der Waals surface area contributed by atoms with Crippen molar-refractivity contribution >= 4 is 33.6 Å². The quantitative estimate of drug-likeness (QED) is 0.567. The second kappa shape index (κ2) is 8.92. The minimum absolute atomic E-state index is 0.0591. The third-order valence-electron chi connectivity index (χ3n) is 3.52. The maximum absolute atomic E-state index is 12.4. The zero-order valence-corrected chi connectivity index (χ0v) is 16.1. The maximum Gasteiger partial charge on any atom is 0.266 e. The van der Waals surface area contributed by atoms with Crippen LogP contribution in [0.4, 0.5) is 5.69 Å². The highest BCUT2D eigenvalue weighted by Crippen LogP contribution is 2.34. The van der Waals surface area contributed by atoms with Gasteiger partial charge in [0.2, 0.25) is 0 Å². The van der Waals surface area contributed by atoms with Crippen LogP contribution in [0.5, 0.6) is 17.2 Å². The first-order valence-electron chi connectivity index (χ1n) is 7.51. The summed E-state index contributed by atoms with van der Waals surface area (Å²) >= 11 is 3.38. The summed E-state index contributed by atoms with van der Waals surface area (Å²) in [7, 11) is 4.60. The van der Waals surface area contributed by atoms with E-state index in [1.165, 1.54) is 20.3 Å². The fraction of sp³-hybridized carbons (Fsp3) is 0.158. The fourth-order valence-corrected chi connectivity index (χ4v) is 2.70. The van der Waals surface area contributed by atoms with E-state index in [1.807, 2.05) is 6.07 Å². The molecule has 0 spiro atoms. The summed E-state index contributed by atoms with van der Waals surface area (Å²) in [6.45, 7) is 0. The van der Waals surface area contributed by atoms with E-state index in [2.05, 4.69) is 21.2 Å². The van der Waals surface area contributed by atoms with Crippen LogP contribution >= 0.6 is 15.9 Å². The summed E-state index contributed by atoms with van der Waals surface area (Å²) in [6.07, 6.45) is 1.46. The summed E-state index contributed by atoms with van der Waals surface area (Å²) in [5.41, 5.74) is 1.07. The lowest BCUT2D eigenvalue weighted by molar-refractivity contribution is -0.112. The predicted octanol–water partition coefficient (Wildman–Crippen LogP) is 4.02. The molecular formula is C19H17BrN2O4. The van der Waals surface area contributed by atoms with Crippen LogP contribution in [0.15, 0.2) is 46.4 Å². The molecule has 0 heterocycles. The summed E-state index contributed by atoms with van der Waals surface area (Å²) in [6, 6.07) is 12.1. The van der Waals surface area contributed by atoms with Gasteiger partial charge in [0, 0.05) is 17.3 Å². The van der Waals surface area contributed by atoms with E-state index in [0.29, 0.717) is 33.0 Å². The van der Waals surface area contributed by atoms with Crippen molar-refractivity contribution in [3.63, 3.8) is 0 Å². The Labute approximate surface area is 160 Å². The molecule has 0 saturated heterocycles. The molecule has 0 fully saturated rings. The lowest BCUT2D eigenvalue weighted by atomic mass is 10.1. The van der Waals surface area contributed by atoms with E-state index >= 15 is 0 Å². The summed E-state index contributed by atoms with van der Waals surface area (Å²) in [5.74, 6) is 1.22. The molecule has 2 aromatic rings. The molecule has 0 radical (unpaired) electrons. The van der Waals surface area contributed by atoms with E-state index < -0.39 is 5.91 Å². The van der Waals surface area contributed by atoms with E-state index in [0.717, 1.165) is 0 Å². The number of nitrogens with zero attached hydrogens (tertiary/aromatic N) is 1. The van der Waals surface area contributed by atoms with Gasteiger partial charge in [-0.15, -0.1) is 0 Å². The summed E-state index contributed by atoms with van der Waals surface area (Å²) < 4.78 is 16.3. The van der Waals surface area contributed by atoms with Crippen molar-refractivity contribution in [1.29, 1.82) is 5.26 Å². The maximum atomic E-state index is 12.4. The first kappa shape index (κ1) is 19.3. The van der Waals surface area contributed by atoms with Gasteiger partial charge in [0.25, 0.3) is 5.91 Å². The number of nitriles is 1. The Morgan fingerprint density at radius 2 is 1.73 bits per heavy atom. The first-order chi connectivity index (χ1) is 12.5. The molecule has 2 aromatic carbocycles. The van der Waals surface area contributed by atoms with Crippen LogP contribution in [-0.4, -0.2) is 27.2 Å². The number of rotatable bonds is 6. The van der Waals surface area contributed by atoms with Gasteiger partial charge in [-0.1, -0.05) is 0 Å². The molecule has 0 saturated carbocycles. The minimum Gasteiger partial charge on any atom is -0.497 e. The number of carbonyl (C=O) groups excluding carboxylic acids is 1. The first-order valence-corrected chi connectivity index (χ1v) is 8.30. The molecule has 7 heteroatoms. The summed E-state index contributed by atoms with van der Waals surface area (Å²) in [4.78, 5) is 12.4. The number of carbonyl (C=O) groups is 1. The van der Waals surface area contributed by atoms with Crippen molar-refractivity contribution in [3.05, 3.63) is 52.0 Å².